The molecule has 78 valence electrons. The quantitative estimate of drug-likeness (QED) is 0.580. The van der Waals surface area contributed by atoms with Gasteiger partial charge in [0.2, 0.25) is 0 Å². The van der Waals surface area contributed by atoms with Gasteiger partial charge in [0, 0.05) is 11.5 Å². The molecule has 0 bridgehead atoms. The first kappa shape index (κ1) is 9.99. The predicted octanol–water partition coefficient (Wildman–Crippen LogP) is 2.39. The molecule has 4 nitrogen and oxygen atoms in total. The number of hydrogen-bond acceptors (Lipinski definition) is 4. The van der Waals surface area contributed by atoms with Crippen molar-refractivity contribution in [3.63, 3.8) is 0 Å². The average molecular weight is 224 g/mol. The van der Waals surface area contributed by atoms with Crippen molar-refractivity contribution in [3.8, 4) is 5.75 Å². The first-order valence-electron chi connectivity index (χ1n) is 4.22. The molecule has 5 heteroatoms. The van der Waals surface area contributed by atoms with Crippen LogP contribution < -0.4 is 4.52 Å². The van der Waals surface area contributed by atoms with E-state index in [9.17, 15) is 4.79 Å². The highest BCUT2D eigenvalue weighted by Crippen LogP contribution is 2.27. The maximum atomic E-state index is 11.5. The van der Waals surface area contributed by atoms with Gasteiger partial charge in [-0.15, -0.1) is 0 Å². The zero-order valence-electron chi connectivity index (χ0n) is 8.02. The normalized spacial score (nSPS) is 10.3. The van der Waals surface area contributed by atoms with Gasteiger partial charge in [-0.2, -0.15) is 0 Å². The van der Waals surface area contributed by atoms with Crippen LogP contribution >= 0.6 is 9.47 Å². The van der Waals surface area contributed by atoms with Gasteiger partial charge in [0.15, 0.2) is 0 Å². The van der Waals surface area contributed by atoms with E-state index in [1.54, 1.807) is 18.2 Å². The summed E-state index contributed by atoms with van der Waals surface area (Å²) in [4.78, 5) is 11.5. The number of fused-ring (bicyclic) bond motifs is 1. The molecule has 0 aliphatic heterocycles. The molecule has 0 spiro atoms. The topological polar surface area (TPSA) is 48.7 Å². The lowest BCUT2D eigenvalue weighted by Crippen LogP contribution is -2.01. The molecule has 15 heavy (non-hydrogen) atoms. The third-order valence-electron chi connectivity index (χ3n) is 2.09. The average Bonchev–Trinajstić information content (AvgIpc) is 2.74. The van der Waals surface area contributed by atoms with E-state index in [0.717, 1.165) is 0 Å². The van der Waals surface area contributed by atoms with Crippen LogP contribution in [0, 0.1) is 0 Å². The molecular weight excluding hydrogens is 215 g/mol. The fourth-order valence-corrected chi connectivity index (χ4v) is 1.53. The van der Waals surface area contributed by atoms with Crippen LogP contribution in [0.3, 0.4) is 0 Å². The molecule has 0 saturated carbocycles. The van der Waals surface area contributed by atoms with Crippen molar-refractivity contribution in [3.05, 3.63) is 30.0 Å². The maximum Gasteiger partial charge on any atom is 0.338 e. The monoisotopic (exact) mass is 224 g/mol. The molecule has 0 amide bonds. The van der Waals surface area contributed by atoms with Gasteiger partial charge in [0.1, 0.15) is 11.3 Å². The Labute approximate surface area is 88.4 Å². The van der Waals surface area contributed by atoms with Gasteiger partial charge in [-0.3, -0.25) is 0 Å². The largest absolute Gasteiger partial charge is 0.480 e. The Morgan fingerprint density at radius 2 is 2.27 bits per heavy atom. The minimum absolute atomic E-state index is 0.412. The standard InChI is InChI=1S/C10H9O4P/c1-12-10(11)8-4-6(14-15)5-9-7(8)2-3-13-9/h2-5H,15H2,1H3. The zero-order chi connectivity index (χ0) is 10.8. The maximum absolute atomic E-state index is 11.5. The molecule has 1 aromatic heterocycles. The SMILES string of the molecule is COC(=O)c1cc(OP)cc2occc12. The van der Waals surface area contributed by atoms with Gasteiger partial charge in [0.25, 0.3) is 0 Å². The Balaban J connectivity index is 2.68. The molecule has 0 N–H and O–H groups in total. The minimum atomic E-state index is -0.412. The van der Waals surface area contributed by atoms with Crippen LogP contribution in [-0.4, -0.2) is 13.1 Å². The summed E-state index contributed by atoms with van der Waals surface area (Å²) in [6, 6.07) is 5.03. The van der Waals surface area contributed by atoms with E-state index in [1.165, 1.54) is 13.4 Å². The number of rotatable bonds is 2. The van der Waals surface area contributed by atoms with Crippen molar-refractivity contribution in [1.29, 1.82) is 0 Å². The van der Waals surface area contributed by atoms with E-state index in [4.69, 9.17) is 8.94 Å². The first-order valence-corrected chi connectivity index (χ1v) is 4.69. The summed E-state index contributed by atoms with van der Waals surface area (Å²) in [6.07, 6.45) is 1.52. The van der Waals surface area contributed by atoms with E-state index in [0.29, 0.717) is 22.3 Å². The summed E-state index contributed by atoms with van der Waals surface area (Å²) in [5, 5.41) is 0.715. The number of carbonyl (C=O) groups is 1. The number of furan rings is 1. The van der Waals surface area contributed by atoms with Gasteiger partial charge >= 0.3 is 5.97 Å². The zero-order valence-corrected chi connectivity index (χ0v) is 9.17. The molecule has 0 aliphatic carbocycles. The van der Waals surface area contributed by atoms with Crippen LogP contribution in [0.25, 0.3) is 11.0 Å². The molecule has 2 aromatic rings. The number of ether oxygens (including phenoxy) is 1. The molecule has 0 radical (unpaired) electrons. The van der Waals surface area contributed by atoms with Crippen LogP contribution in [-0.2, 0) is 4.74 Å². The summed E-state index contributed by atoms with van der Waals surface area (Å²) in [5.74, 6) is 0.119. The van der Waals surface area contributed by atoms with Crippen LogP contribution in [0.5, 0.6) is 5.75 Å². The highest BCUT2D eigenvalue weighted by atomic mass is 31.0. The van der Waals surface area contributed by atoms with E-state index in [1.807, 2.05) is 0 Å². The first-order chi connectivity index (χ1) is 7.26. The second-order valence-electron chi connectivity index (χ2n) is 2.91. The Hall–Kier alpha value is -1.54. The molecule has 2 rings (SSSR count). The molecule has 1 atom stereocenters. The van der Waals surface area contributed by atoms with Gasteiger partial charge in [-0.25, -0.2) is 4.79 Å². The number of benzene rings is 1. The van der Waals surface area contributed by atoms with Crippen molar-refractivity contribution in [2.75, 3.05) is 7.11 Å². The van der Waals surface area contributed by atoms with Gasteiger partial charge in [-0.05, 0) is 12.1 Å². The number of hydrogen-bond donors (Lipinski definition) is 0. The lowest BCUT2D eigenvalue weighted by Gasteiger charge is -2.03. The van der Waals surface area contributed by atoms with Crippen LogP contribution in [0.15, 0.2) is 28.9 Å². The van der Waals surface area contributed by atoms with Crippen LogP contribution in [0.1, 0.15) is 10.4 Å². The Bertz CT molecular complexity index is 503. The van der Waals surface area contributed by atoms with E-state index >= 15 is 0 Å². The number of esters is 1. The summed E-state index contributed by atoms with van der Waals surface area (Å²) >= 11 is 0. The molecule has 0 saturated heterocycles. The lowest BCUT2D eigenvalue weighted by molar-refractivity contribution is 0.0602. The van der Waals surface area contributed by atoms with Gasteiger partial charge in [-0.1, -0.05) is 0 Å². The molecule has 0 fully saturated rings. The van der Waals surface area contributed by atoms with E-state index in [2.05, 4.69) is 14.2 Å². The highest BCUT2D eigenvalue weighted by Gasteiger charge is 2.14. The summed E-state index contributed by atoms with van der Waals surface area (Å²) in [6.45, 7) is 0. The van der Waals surface area contributed by atoms with Crippen LogP contribution in [0.4, 0.5) is 0 Å². The van der Waals surface area contributed by atoms with Crippen molar-refractivity contribution in [2.24, 2.45) is 0 Å². The van der Waals surface area contributed by atoms with E-state index < -0.39 is 5.97 Å². The van der Waals surface area contributed by atoms with Crippen molar-refractivity contribution < 1.29 is 18.5 Å². The molecule has 1 unspecified atom stereocenters. The number of methoxy groups -OCH3 is 1. The fraction of sp³-hybridized carbons (Fsp3) is 0.100. The molecule has 0 aliphatic rings. The van der Waals surface area contributed by atoms with Crippen molar-refractivity contribution in [2.45, 2.75) is 0 Å². The molecule has 1 heterocycles. The summed E-state index contributed by atoms with van der Waals surface area (Å²) in [7, 11) is 3.45. The third-order valence-corrected chi connectivity index (χ3v) is 2.36. The molecule has 1 aromatic carbocycles. The van der Waals surface area contributed by atoms with E-state index in [-0.39, 0.29) is 0 Å². The van der Waals surface area contributed by atoms with Crippen LogP contribution in [0.2, 0.25) is 0 Å². The highest BCUT2D eigenvalue weighted by molar-refractivity contribution is 7.10. The van der Waals surface area contributed by atoms with Gasteiger partial charge < -0.3 is 13.7 Å². The second kappa shape index (κ2) is 3.91. The summed E-state index contributed by atoms with van der Waals surface area (Å²) in [5.41, 5.74) is 1.02. The molecular formula is C10H9O4P. The Morgan fingerprint density at radius 1 is 1.47 bits per heavy atom. The predicted molar refractivity (Wildman–Crippen MR) is 57.9 cm³/mol. The Morgan fingerprint density at radius 3 is 2.93 bits per heavy atom. The third kappa shape index (κ3) is 1.68. The lowest BCUT2D eigenvalue weighted by atomic mass is 10.1. The fourth-order valence-electron chi connectivity index (χ4n) is 1.39. The Kier molecular flexibility index (Phi) is 2.60. The van der Waals surface area contributed by atoms with Crippen molar-refractivity contribution >= 4 is 26.4 Å². The summed E-state index contributed by atoms with van der Waals surface area (Å²) < 4.78 is 14.8. The van der Waals surface area contributed by atoms with Crippen molar-refractivity contribution in [1.82, 2.24) is 0 Å². The second-order valence-corrected chi connectivity index (χ2v) is 3.15. The van der Waals surface area contributed by atoms with Gasteiger partial charge in [0.05, 0.1) is 28.4 Å². The minimum Gasteiger partial charge on any atom is -0.480 e. The number of carbonyl (C=O) groups excluding carboxylic acids is 1. The smallest absolute Gasteiger partial charge is 0.338 e.